The molecule has 3 aromatic heterocycles. The van der Waals surface area contributed by atoms with Gasteiger partial charge in [-0.25, -0.2) is 13.1 Å². The van der Waals surface area contributed by atoms with Gasteiger partial charge in [-0.15, -0.1) is 5.10 Å². The first kappa shape index (κ1) is 24.5. The van der Waals surface area contributed by atoms with Crippen molar-refractivity contribution >= 4 is 38.5 Å². The largest absolute Gasteiger partial charge is 0.379 e. The van der Waals surface area contributed by atoms with E-state index in [0.717, 1.165) is 69.0 Å². The number of aromatic nitrogens is 7. The van der Waals surface area contributed by atoms with Crippen LogP contribution in [0.4, 0.5) is 17.5 Å². The van der Waals surface area contributed by atoms with E-state index < -0.39 is 9.84 Å². The Hall–Kier alpha value is -2.84. The van der Waals surface area contributed by atoms with E-state index in [-0.39, 0.29) is 17.5 Å². The van der Waals surface area contributed by atoms with Gasteiger partial charge in [0.2, 0.25) is 11.6 Å². The zero-order valence-electron chi connectivity index (χ0n) is 21.1. The molecule has 1 aliphatic carbocycles. The molecule has 2 N–H and O–H groups in total. The van der Waals surface area contributed by atoms with Gasteiger partial charge in [-0.1, -0.05) is 5.21 Å². The van der Waals surface area contributed by atoms with Crippen LogP contribution in [0.1, 0.15) is 44.6 Å². The summed E-state index contributed by atoms with van der Waals surface area (Å²) in [7, 11) is -1.07. The Morgan fingerprint density at radius 1 is 1.00 bits per heavy atom. The van der Waals surface area contributed by atoms with E-state index in [1.807, 2.05) is 17.9 Å². The van der Waals surface area contributed by atoms with Crippen LogP contribution < -0.4 is 10.6 Å². The van der Waals surface area contributed by atoms with E-state index in [1.54, 1.807) is 10.9 Å². The molecule has 2 saturated heterocycles. The maximum absolute atomic E-state index is 11.8. The lowest BCUT2D eigenvalue weighted by molar-refractivity contribution is 0.00791. The van der Waals surface area contributed by atoms with Crippen LogP contribution >= 0.6 is 0 Å². The highest BCUT2D eigenvalue weighted by Crippen LogP contribution is 2.29. The van der Waals surface area contributed by atoms with Gasteiger partial charge in [0.05, 0.1) is 42.6 Å². The molecule has 1 saturated carbocycles. The number of hydrogen-bond acceptors (Lipinski definition) is 11. The van der Waals surface area contributed by atoms with Gasteiger partial charge in [0.15, 0.2) is 5.82 Å². The third kappa shape index (κ3) is 5.41. The quantitative estimate of drug-likeness (QED) is 0.478. The number of ether oxygens (including phenoxy) is 1. The summed E-state index contributed by atoms with van der Waals surface area (Å²) >= 11 is 0. The van der Waals surface area contributed by atoms with Crippen LogP contribution in [0.15, 0.2) is 12.4 Å². The zero-order valence-corrected chi connectivity index (χ0v) is 21.9. The van der Waals surface area contributed by atoms with Gasteiger partial charge in [-0.05, 0) is 38.5 Å². The first-order chi connectivity index (χ1) is 17.9. The smallest absolute Gasteiger partial charge is 0.231 e. The molecule has 0 radical (unpaired) electrons. The third-order valence-corrected chi connectivity index (χ3v) is 9.53. The van der Waals surface area contributed by atoms with Crippen molar-refractivity contribution < 1.29 is 13.2 Å². The molecule has 0 unspecified atom stereocenters. The standard InChI is InChI=1S/C23H34N10O3S/c1-31-20-21(25-16-2-4-18(5-3-16)32-8-10-36-11-9-32)27-23(28-22(20)29-30-31)26-17-14-24-33(15-17)19-6-12-37(34,35)13-7-19/h14-16,18-19H,2-13H2,1H3,(H2,25,26,27,28). The fourth-order valence-electron chi connectivity index (χ4n) is 5.72. The predicted molar refractivity (Wildman–Crippen MR) is 139 cm³/mol. The number of nitrogens with one attached hydrogen (secondary N) is 2. The highest BCUT2D eigenvalue weighted by molar-refractivity contribution is 7.91. The molecule has 3 aromatic rings. The van der Waals surface area contributed by atoms with Gasteiger partial charge in [0.25, 0.3) is 0 Å². The number of rotatable bonds is 6. The minimum absolute atomic E-state index is 0.0762. The van der Waals surface area contributed by atoms with Gasteiger partial charge in [0, 0.05) is 38.4 Å². The fourth-order valence-corrected chi connectivity index (χ4v) is 7.18. The van der Waals surface area contributed by atoms with E-state index >= 15 is 0 Å². The van der Waals surface area contributed by atoms with Crippen LogP contribution in [0.25, 0.3) is 11.2 Å². The van der Waals surface area contributed by atoms with Gasteiger partial charge in [-0.2, -0.15) is 15.1 Å². The second-order valence-corrected chi connectivity index (χ2v) is 12.6. The molecule has 5 heterocycles. The van der Waals surface area contributed by atoms with E-state index in [0.29, 0.717) is 36.5 Å². The SMILES string of the molecule is Cn1nnc2nc(Nc3cnn(C4CCS(=O)(=O)CC4)c3)nc(NC3CCC(N4CCOCC4)CC3)c21. The Morgan fingerprint density at radius 3 is 2.51 bits per heavy atom. The number of hydrogen-bond donors (Lipinski definition) is 2. The lowest BCUT2D eigenvalue weighted by atomic mass is 9.90. The Morgan fingerprint density at radius 2 is 1.76 bits per heavy atom. The van der Waals surface area contributed by atoms with Crippen LogP contribution in [0.3, 0.4) is 0 Å². The lowest BCUT2D eigenvalue weighted by Gasteiger charge is -2.39. The van der Waals surface area contributed by atoms with Gasteiger partial charge < -0.3 is 15.4 Å². The fraction of sp³-hybridized carbons (Fsp3) is 0.696. The first-order valence-corrected chi connectivity index (χ1v) is 14.9. The topological polar surface area (TPSA) is 145 Å². The Balaban J connectivity index is 1.15. The second kappa shape index (κ2) is 10.1. The highest BCUT2D eigenvalue weighted by atomic mass is 32.2. The molecule has 13 nitrogen and oxygen atoms in total. The van der Waals surface area contributed by atoms with Crippen LogP contribution in [0.2, 0.25) is 0 Å². The minimum Gasteiger partial charge on any atom is -0.379 e. The molecule has 2 aliphatic heterocycles. The van der Waals surface area contributed by atoms with Gasteiger partial charge in [-0.3, -0.25) is 9.58 Å². The van der Waals surface area contributed by atoms with E-state index in [9.17, 15) is 8.42 Å². The highest BCUT2D eigenvalue weighted by Gasteiger charge is 2.28. The number of anilines is 3. The predicted octanol–water partition coefficient (Wildman–Crippen LogP) is 1.50. The minimum atomic E-state index is -2.92. The van der Waals surface area contributed by atoms with Crippen molar-refractivity contribution in [2.45, 2.75) is 56.7 Å². The molecule has 0 atom stereocenters. The summed E-state index contributed by atoms with van der Waals surface area (Å²) in [6.45, 7) is 3.73. The molecule has 0 amide bonds. The third-order valence-electron chi connectivity index (χ3n) is 7.82. The number of fused-ring (bicyclic) bond motifs is 1. The number of nitrogens with zero attached hydrogens (tertiary/aromatic N) is 8. The maximum Gasteiger partial charge on any atom is 0.231 e. The normalized spacial score (nSPS) is 25.3. The van der Waals surface area contributed by atoms with E-state index in [2.05, 4.69) is 35.9 Å². The molecule has 0 aromatic carbocycles. The molecule has 14 heteroatoms. The van der Waals surface area contributed by atoms with Crippen molar-refractivity contribution in [2.24, 2.45) is 7.05 Å². The molecule has 37 heavy (non-hydrogen) atoms. The Bertz CT molecular complexity index is 1330. The van der Waals surface area contributed by atoms with E-state index in [1.165, 1.54) is 0 Å². The molecular weight excluding hydrogens is 496 g/mol. The van der Waals surface area contributed by atoms with Crippen molar-refractivity contribution in [1.82, 2.24) is 39.6 Å². The summed E-state index contributed by atoms with van der Waals surface area (Å²) < 4.78 is 32.6. The van der Waals surface area contributed by atoms with Crippen molar-refractivity contribution in [1.29, 1.82) is 0 Å². The van der Waals surface area contributed by atoms with Crippen LogP contribution in [0, 0.1) is 0 Å². The molecule has 6 rings (SSSR count). The first-order valence-electron chi connectivity index (χ1n) is 13.1. The maximum atomic E-state index is 11.8. The molecule has 0 spiro atoms. The van der Waals surface area contributed by atoms with Crippen molar-refractivity contribution in [3.63, 3.8) is 0 Å². The second-order valence-electron chi connectivity index (χ2n) is 10.3. The molecule has 3 fully saturated rings. The molecule has 200 valence electrons. The molecule has 0 bridgehead atoms. The summed E-state index contributed by atoms with van der Waals surface area (Å²) in [5.74, 6) is 1.55. The summed E-state index contributed by atoms with van der Waals surface area (Å²) in [5.41, 5.74) is 2.04. The monoisotopic (exact) mass is 530 g/mol. The van der Waals surface area contributed by atoms with Crippen molar-refractivity contribution in [3.05, 3.63) is 12.4 Å². The van der Waals surface area contributed by atoms with Crippen LogP contribution in [0.5, 0.6) is 0 Å². The van der Waals surface area contributed by atoms with Crippen LogP contribution in [-0.4, -0.2) is 98.0 Å². The van der Waals surface area contributed by atoms with E-state index in [4.69, 9.17) is 9.72 Å². The number of sulfone groups is 1. The van der Waals surface area contributed by atoms with Crippen molar-refractivity contribution in [3.8, 4) is 0 Å². The summed E-state index contributed by atoms with van der Waals surface area (Å²) in [6, 6.07) is 1.03. The molecule has 3 aliphatic rings. The summed E-state index contributed by atoms with van der Waals surface area (Å²) in [6.07, 6.45) is 9.21. The van der Waals surface area contributed by atoms with Gasteiger partial charge in [0.1, 0.15) is 15.4 Å². The van der Waals surface area contributed by atoms with Gasteiger partial charge >= 0.3 is 0 Å². The van der Waals surface area contributed by atoms with Crippen molar-refractivity contribution in [2.75, 3.05) is 48.4 Å². The summed E-state index contributed by atoms with van der Waals surface area (Å²) in [4.78, 5) is 11.9. The number of aryl methyl sites for hydroxylation is 1. The Kier molecular flexibility index (Phi) is 6.71. The average Bonchev–Trinajstić information content (AvgIpc) is 3.52. The number of morpholine rings is 1. The molecular formula is C23H34N10O3S. The zero-order chi connectivity index (χ0) is 25.4. The average molecular weight is 531 g/mol. The van der Waals surface area contributed by atoms with Crippen LogP contribution in [-0.2, 0) is 21.6 Å². The summed E-state index contributed by atoms with van der Waals surface area (Å²) in [5, 5.41) is 19.7. The Labute approximate surface area is 215 Å². The lowest BCUT2D eigenvalue weighted by Crippen LogP contribution is -2.46.